The molecule has 0 fully saturated rings. The van der Waals surface area contributed by atoms with Crippen molar-refractivity contribution in [1.29, 1.82) is 0 Å². The Bertz CT molecular complexity index is 365. The second kappa shape index (κ2) is 12.5. The van der Waals surface area contributed by atoms with Crippen LogP contribution in [-0.2, 0) is 0 Å². The lowest BCUT2D eigenvalue weighted by molar-refractivity contribution is 0.850. The second-order valence-electron chi connectivity index (χ2n) is 4.49. The SMILES string of the molecule is CCN/C=C/N=C(CC)CC(CC)=N/C=C(\C)NCC. The van der Waals surface area contributed by atoms with Crippen molar-refractivity contribution in [3.63, 3.8) is 0 Å². The number of aliphatic imine (C=N–C) groups is 2. The largest absolute Gasteiger partial charge is 0.390 e. The highest BCUT2D eigenvalue weighted by Gasteiger charge is 2.01. The van der Waals surface area contributed by atoms with Crippen molar-refractivity contribution in [2.45, 2.75) is 53.9 Å². The first-order chi connectivity index (χ1) is 9.67. The first-order valence-electron chi connectivity index (χ1n) is 7.57. The Morgan fingerprint density at radius 2 is 1.60 bits per heavy atom. The number of rotatable bonds is 10. The number of hydrogen-bond donors (Lipinski definition) is 2. The van der Waals surface area contributed by atoms with E-state index in [0.717, 1.165) is 43.8 Å². The molecule has 4 heteroatoms. The maximum absolute atomic E-state index is 4.56. The summed E-state index contributed by atoms with van der Waals surface area (Å²) in [6, 6.07) is 0. The second-order valence-corrected chi connectivity index (χ2v) is 4.49. The third kappa shape index (κ3) is 9.36. The molecule has 0 aliphatic heterocycles. The van der Waals surface area contributed by atoms with E-state index < -0.39 is 0 Å². The third-order valence-corrected chi connectivity index (χ3v) is 2.77. The van der Waals surface area contributed by atoms with Gasteiger partial charge in [0.15, 0.2) is 0 Å². The summed E-state index contributed by atoms with van der Waals surface area (Å²) < 4.78 is 0. The minimum Gasteiger partial charge on any atom is -0.390 e. The predicted molar refractivity (Wildman–Crippen MR) is 90.3 cm³/mol. The van der Waals surface area contributed by atoms with Gasteiger partial charge in [-0.25, -0.2) is 0 Å². The van der Waals surface area contributed by atoms with Gasteiger partial charge in [0, 0.05) is 55.2 Å². The zero-order valence-electron chi connectivity index (χ0n) is 13.7. The Hall–Kier alpha value is -1.58. The first-order valence-corrected chi connectivity index (χ1v) is 7.57. The van der Waals surface area contributed by atoms with Gasteiger partial charge in [-0.1, -0.05) is 13.8 Å². The quantitative estimate of drug-likeness (QED) is 0.599. The van der Waals surface area contributed by atoms with E-state index >= 15 is 0 Å². The molecule has 0 aliphatic carbocycles. The molecule has 0 saturated heterocycles. The summed E-state index contributed by atoms with van der Waals surface area (Å²) in [6.45, 7) is 12.3. The topological polar surface area (TPSA) is 48.8 Å². The van der Waals surface area contributed by atoms with Crippen LogP contribution in [0.1, 0.15) is 53.9 Å². The van der Waals surface area contributed by atoms with Crippen LogP contribution in [0.25, 0.3) is 0 Å². The molecule has 0 bridgehead atoms. The van der Waals surface area contributed by atoms with Gasteiger partial charge in [-0.05, 0) is 33.6 Å². The van der Waals surface area contributed by atoms with Gasteiger partial charge in [0.25, 0.3) is 0 Å². The lowest BCUT2D eigenvalue weighted by atomic mass is 10.1. The fourth-order valence-electron chi connectivity index (χ4n) is 1.59. The van der Waals surface area contributed by atoms with Gasteiger partial charge in [-0.15, -0.1) is 0 Å². The van der Waals surface area contributed by atoms with Crippen molar-refractivity contribution in [3.8, 4) is 0 Å². The molecule has 0 saturated carbocycles. The summed E-state index contributed by atoms with van der Waals surface area (Å²) in [5.74, 6) is 0. The predicted octanol–water partition coefficient (Wildman–Crippen LogP) is 3.63. The Morgan fingerprint density at radius 3 is 2.15 bits per heavy atom. The van der Waals surface area contributed by atoms with Gasteiger partial charge >= 0.3 is 0 Å². The lowest BCUT2D eigenvalue weighted by Crippen LogP contribution is -2.10. The molecule has 0 radical (unpaired) electrons. The van der Waals surface area contributed by atoms with E-state index in [-0.39, 0.29) is 0 Å². The molecule has 0 aliphatic rings. The van der Waals surface area contributed by atoms with Crippen molar-refractivity contribution in [1.82, 2.24) is 10.6 Å². The Balaban J connectivity index is 4.65. The monoisotopic (exact) mass is 278 g/mol. The lowest BCUT2D eigenvalue weighted by Gasteiger charge is -2.05. The van der Waals surface area contributed by atoms with Crippen molar-refractivity contribution < 1.29 is 0 Å². The van der Waals surface area contributed by atoms with Crippen LogP contribution in [0.2, 0.25) is 0 Å². The highest BCUT2D eigenvalue weighted by molar-refractivity contribution is 6.04. The molecule has 2 N–H and O–H groups in total. The summed E-state index contributed by atoms with van der Waals surface area (Å²) in [6.07, 6.45) is 8.36. The van der Waals surface area contributed by atoms with Crippen LogP contribution < -0.4 is 10.6 Å². The number of allylic oxidation sites excluding steroid dienone is 1. The van der Waals surface area contributed by atoms with E-state index in [4.69, 9.17) is 0 Å². The Morgan fingerprint density at radius 1 is 0.950 bits per heavy atom. The molecule has 0 atom stereocenters. The molecule has 4 nitrogen and oxygen atoms in total. The van der Waals surface area contributed by atoms with Gasteiger partial charge in [0.1, 0.15) is 0 Å². The molecule has 0 rings (SSSR count). The van der Waals surface area contributed by atoms with Gasteiger partial charge < -0.3 is 10.6 Å². The minimum absolute atomic E-state index is 0.847. The maximum atomic E-state index is 4.56. The summed E-state index contributed by atoms with van der Waals surface area (Å²) in [7, 11) is 0. The minimum atomic E-state index is 0.847. The molecular weight excluding hydrogens is 248 g/mol. The molecule has 0 unspecified atom stereocenters. The molecular formula is C16H30N4. The number of hydrogen-bond acceptors (Lipinski definition) is 4. The molecule has 0 aromatic heterocycles. The van der Waals surface area contributed by atoms with Crippen LogP contribution in [0.3, 0.4) is 0 Å². The zero-order valence-corrected chi connectivity index (χ0v) is 13.7. The van der Waals surface area contributed by atoms with Crippen LogP contribution in [0.5, 0.6) is 0 Å². The average Bonchev–Trinajstić information content (AvgIpc) is 2.46. The summed E-state index contributed by atoms with van der Waals surface area (Å²) in [4.78, 5) is 9.05. The van der Waals surface area contributed by atoms with E-state index in [0.29, 0.717) is 0 Å². The summed E-state index contributed by atoms with van der Waals surface area (Å²) >= 11 is 0. The van der Waals surface area contributed by atoms with Crippen LogP contribution in [-0.4, -0.2) is 24.5 Å². The normalized spacial score (nSPS) is 13.9. The van der Waals surface area contributed by atoms with E-state index in [1.165, 1.54) is 5.71 Å². The van der Waals surface area contributed by atoms with Crippen molar-refractivity contribution in [3.05, 3.63) is 24.3 Å². The van der Waals surface area contributed by atoms with Crippen LogP contribution in [0, 0.1) is 0 Å². The fraction of sp³-hybridized carbons (Fsp3) is 0.625. The highest BCUT2D eigenvalue weighted by Crippen LogP contribution is 2.02. The Kier molecular flexibility index (Phi) is 11.5. The van der Waals surface area contributed by atoms with Crippen molar-refractivity contribution in [2.75, 3.05) is 13.1 Å². The van der Waals surface area contributed by atoms with E-state index in [2.05, 4.69) is 48.3 Å². The highest BCUT2D eigenvalue weighted by atomic mass is 14.9. The standard InChI is InChI=1S/C16H30N4/c1-6-15(19-11-10-17-8-3)12-16(7-2)20-13-14(5)18-9-4/h10-11,13,17-18H,6-9,12H2,1-5H3/b11-10+,14-13+,19-15?,20-16?. The molecule has 0 heterocycles. The summed E-state index contributed by atoms with van der Waals surface area (Å²) in [5, 5.41) is 6.36. The van der Waals surface area contributed by atoms with Gasteiger partial charge in [0.05, 0.1) is 0 Å². The van der Waals surface area contributed by atoms with Crippen LogP contribution >= 0.6 is 0 Å². The third-order valence-electron chi connectivity index (χ3n) is 2.77. The van der Waals surface area contributed by atoms with Gasteiger partial charge in [-0.3, -0.25) is 9.98 Å². The molecule has 0 aromatic carbocycles. The van der Waals surface area contributed by atoms with E-state index in [9.17, 15) is 0 Å². The molecule has 0 spiro atoms. The zero-order chi connectivity index (χ0) is 15.2. The number of nitrogens with one attached hydrogen (secondary N) is 2. The van der Waals surface area contributed by atoms with Gasteiger partial charge in [-0.2, -0.15) is 0 Å². The molecule has 114 valence electrons. The van der Waals surface area contributed by atoms with Crippen LogP contribution in [0.15, 0.2) is 34.3 Å². The van der Waals surface area contributed by atoms with Gasteiger partial charge in [0.2, 0.25) is 0 Å². The van der Waals surface area contributed by atoms with E-state index in [1.807, 2.05) is 25.5 Å². The smallest absolute Gasteiger partial charge is 0.0454 e. The Labute approximate surface area is 124 Å². The maximum Gasteiger partial charge on any atom is 0.0454 e. The molecule has 0 aromatic rings. The number of nitrogens with zero attached hydrogens (tertiary/aromatic N) is 2. The van der Waals surface area contributed by atoms with Crippen molar-refractivity contribution >= 4 is 11.4 Å². The molecule has 20 heavy (non-hydrogen) atoms. The average molecular weight is 278 g/mol. The first kappa shape index (κ1) is 18.4. The molecule has 0 amide bonds. The summed E-state index contributed by atoms with van der Waals surface area (Å²) in [5.41, 5.74) is 3.43. The van der Waals surface area contributed by atoms with Crippen LogP contribution in [0.4, 0.5) is 0 Å². The fourth-order valence-corrected chi connectivity index (χ4v) is 1.59. The van der Waals surface area contributed by atoms with E-state index in [1.54, 1.807) is 0 Å². The van der Waals surface area contributed by atoms with Crippen molar-refractivity contribution in [2.24, 2.45) is 9.98 Å².